The zero-order valence-electron chi connectivity index (χ0n) is 12.1. The number of rotatable bonds is 4. The molecule has 21 heavy (non-hydrogen) atoms. The smallest absolute Gasteiger partial charge is 0.274 e. The summed E-state index contributed by atoms with van der Waals surface area (Å²) >= 11 is 5.76. The molecule has 0 unspecified atom stereocenters. The molecule has 0 aliphatic heterocycles. The van der Waals surface area contributed by atoms with Gasteiger partial charge in [0.25, 0.3) is 5.91 Å². The number of hydrogen-bond acceptors (Lipinski definition) is 4. The Kier molecular flexibility index (Phi) is 4.75. The van der Waals surface area contributed by atoms with Gasteiger partial charge in [-0.25, -0.2) is 4.98 Å². The maximum atomic E-state index is 12.3. The van der Waals surface area contributed by atoms with E-state index < -0.39 is 0 Å². The molecule has 2 rings (SSSR count). The number of nitrogens with zero attached hydrogens (tertiary/aromatic N) is 3. The summed E-state index contributed by atoms with van der Waals surface area (Å²) < 4.78 is 5.32. The Labute approximate surface area is 128 Å². The Morgan fingerprint density at radius 3 is 2.81 bits per heavy atom. The highest BCUT2D eigenvalue weighted by atomic mass is 35.5. The van der Waals surface area contributed by atoms with Crippen LogP contribution in [0.15, 0.2) is 30.6 Å². The van der Waals surface area contributed by atoms with Gasteiger partial charge in [-0.15, -0.1) is 0 Å². The highest BCUT2D eigenvalue weighted by molar-refractivity contribution is 6.29. The summed E-state index contributed by atoms with van der Waals surface area (Å²) in [5.41, 5.74) is 2.26. The predicted octanol–water partition coefficient (Wildman–Crippen LogP) is 2.72. The molecule has 0 aliphatic rings. The lowest BCUT2D eigenvalue weighted by molar-refractivity contribution is 0.0778. The Balaban J connectivity index is 2.19. The van der Waals surface area contributed by atoms with Crippen LogP contribution >= 0.6 is 11.6 Å². The summed E-state index contributed by atoms with van der Waals surface area (Å²) in [7, 11) is 3.31. The quantitative estimate of drug-likeness (QED) is 0.871. The summed E-state index contributed by atoms with van der Waals surface area (Å²) in [5.74, 6) is 0.506. The van der Waals surface area contributed by atoms with Gasteiger partial charge in [0.15, 0.2) is 0 Å². The van der Waals surface area contributed by atoms with Gasteiger partial charge in [0, 0.05) is 19.2 Å². The normalized spacial score (nSPS) is 10.3. The van der Waals surface area contributed by atoms with Crippen molar-refractivity contribution in [1.29, 1.82) is 0 Å². The average molecular weight is 306 g/mol. The highest BCUT2D eigenvalue weighted by Gasteiger charge is 2.16. The summed E-state index contributed by atoms with van der Waals surface area (Å²) in [6.45, 7) is 2.41. The van der Waals surface area contributed by atoms with Gasteiger partial charge in [-0.3, -0.25) is 9.78 Å². The van der Waals surface area contributed by atoms with E-state index in [0.29, 0.717) is 6.54 Å². The van der Waals surface area contributed by atoms with Gasteiger partial charge in [0.1, 0.15) is 16.6 Å². The molecule has 0 radical (unpaired) electrons. The van der Waals surface area contributed by atoms with Crippen LogP contribution in [0.1, 0.15) is 21.6 Å². The van der Waals surface area contributed by atoms with Gasteiger partial charge in [0.2, 0.25) is 0 Å². The maximum Gasteiger partial charge on any atom is 0.274 e. The molecule has 1 heterocycles. The van der Waals surface area contributed by atoms with Gasteiger partial charge < -0.3 is 9.64 Å². The molecule has 0 N–H and O–H groups in total. The first kappa shape index (κ1) is 15.3. The molecule has 5 nitrogen and oxygen atoms in total. The lowest BCUT2D eigenvalue weighted by Gasteiger charge is -2.18. The van der Waals surface area contributed by atoms with Crippen LogP contribution in [0.25, 0.3) is 0 Å². The molecular weight excluding hydrogens is 290 g/mol. The SMILES string of the molecule is COc1ccc(C)cc1CN(C)C(=O)c1cncc(Cl)n1. The van der Waals surface area contributed by atoms with Crippen LogP contribution in [-0.2, 0) is 6.54 Å². The molecule has 0 saturated carbocycles. The molecule has 0 saturated heterocycles. The number of carbonyl (C=O) groups excluding carboxylic acids is 1. The second-order valence-electron chi connectivity index (χ2n) is 4.70. The van der Waals surface area contributed by atoms with Crippen LogP contribution in [0.4, 0.5) is 0 Å². The molecule has 6 heteroatoms. The van der Waals surface area contributed by atoms with Crippen LogP contribution in [-0.4, -0.2) is 34.9 Å². The number of aromatic nitrogens is 2. The molecule has 0 aliphatic carbocycles. The first-order valence-electron chi connectivity index (χ1n) is 6.38. The standard InChI is InChI=1S/C15H16ClN3O2/c1-10-4-5-13(21-3)11(6-10)9-19(2)15(20)12-7-17-8-14(16)18-12/h4-8H,9H2,1-3H3. The molecular formula is C15H16ClN3O2. The number of ether oxygens (including phenoxy) is 1. The van der Waals surface area contributed by atoms with Crippen molar-refractivity contribution in [3.8, 4) is 5.75 Å². The van der Waals surface area contributed by atoms with Crippen molar-refractivity contribution in [2.45, 2.75) is 13.5 Å². The zero-order valence-corrected chi connectivity index (χ0v) is 12.9. The second-order valence-corrected chi connectivity index (χ2v) is 5.09. The first-order valence-corrected chi connectivity index (χ1v) is 6.75. The molecule has 2 aromatic rings. The van der Waals surface area contributed by atoms with Crippen molar-refractivity contribution in [2.24, 2.45) is 0 Å². The van der Waals surface area contributed by atoms with Gasteiger partial charge in [-0.2, -0.15) is 0 Å². The third kappa shape index (κ3) is 3.70. The van der Waals surface area contributed by atoms with E-state index in [1.165, 1.54) is 12.4 Å². The van der Waals surface area contributed by atoms with Crippen molar-refractivity contribution in [3.63, 3.8) is 0 Å². The molecule has 0 bridgehead atoms. The van der Waals surface area contributed by atoms with E-state index in [4.69, 9.17) is 16.3 Å². The van der Waals surface area contributed by atoms with Gasteiger partial charge in [0.05, 0.1) is 19.5 Å². The van der Waals surface area contributed by atoms with Crippen molar-refractivity contribution < 1.29 is 9.53 Å². The number of aryl methyl sites for hydroxylation is 1. The van der Waals surface area contributed by atoms with E-state index in [1.807, 2.05) is 25.1 Å². The summed E-state index contributed by atoms with van der Waals surface area (Å²) in [5, 5.41) is 0.197. The molecule has 1 amide bonds. The van der Waals surface area contributed by atoms with Crippen molar-refractivity contribution in [2.75, 3.05) is 14.2 Å². The molecule has 1 aromatic carbocycles. The third-order valence-corrected chi connectivity index (χ3v) is 3.20. The summed E-state index contributed by atoms with van der Waals surface area (Å²) in [6.07, 6.45) is 2.79. The van der Waals surface area contributed by atoms with E-state index in [2.05, 4.69) is 9.97 Å². The van der Waals surface area contributed by atoms with E-state index in [-0.39, 0.29) is 16.8 Å². The minimum atomic E-state index is -0.242. The minimum Gasteiger partial charge on any atom is -0.496 e. The van der Waals surface area contributed by atoms with E-state index >= 15 is 0 Å². The lowest BCUT2D eigenvalue weighted by atomic mass is 10.1. The monoisotopic (exact) mass is 305 g/mol. The zero-order chi connectivity index (χ0) is 15.4. The van der Waals surface area contributed by atoms with E-state index in [1.54, 1.807) is 19.1 Å². The largest absolute Gasteiger partial charge is 0.496 e. The van der Waals surface area contributed by atoms with E-state index in [9.17, 15) is 4.79 Å². The lowest BCUT2D eigenvalue weighted by Crippen LogP contribution is -2.27. The fourth-order valence-electron chi connectivity index (χ4n) is 2.00. The number of hydrogen-bond donors (Lipinski definition) is 0. The van der Waals surface area contributed by atoms with Crippen LogP contribution in [0.2, 0.25) is 5.15 Å². The third-order valence-electron chi connectivity index (χ3n) is 3.01. The Bertz CT molecular complexity index is 661. The van der Waals surface area contributed by atoms with Crippen molar-refractivity contribution in [1.82, 2.24) is 14.9 Å². The summed E-state index contributed by atoms with van der Waals surface area (Å²) in [4.78, 5) is 21.7. The number of amides is 1. The van der Waals surface area contributed by atoms with E-state index in [0.717, 1.165) is 16.9 Å². The highest BCUT2D eigenvalue weighted by Crippen LogP contribution is 2.21. The Morgan fingerprint density at radius 1 is 1.38 bits per heavy atom. The fourth-order valence-corrected chi connectivity index (χ4v) is 2.15. The molecule has 110 valence electrons. The second kappa shape index (κ2) is 6.54. The van der Waals surface area contributed by atoms with Crippen LogP contribution in [0.5, 0.6) is 5.75 Å². The molecule has 0 fully saturated rings. The molecule has 0 atom stereocenters. The van der Waals surface area contributed by atoms with Gasteiger partial charge in [-0.1, -0.05) is 29.3 Å². The van der Waals surface area contributed by atoms with Crippen molar-refractivity contribution in [3.05, 3.63) is 52.6 Å². The topological polar surface area (TPSA) is 55.3 Å². The number of benzene rings is 1. The Hall–Kier alpha value is -2.14. The maximum absolute atomic E-state index is 12.3. The predicted molar refractivity (Wildman–Crippen MR) is 80.6 cm³/mol. The fraction of sp³-hybridized carbons (Fsp3) is 0.267. The number of methoxy groups -OCH3 is 1. The van der Waals surface area contributed by atoms with Crippen LogP contribution < -0.4 is 4.74 Å². The number of halogens is 1. The van der Waals surface area contributed by atoms with Crippen LogP contribution in [0.3, 0.4) is 0 Å². The van der Waals surface area contributed by atoms with Gasteiger partial charge >= 0.3 is 0 Å². The molecule has 1 aromatic heterocycles. The van der Waals surface area contributed by atoms with Crippen LogP contribution in [0, 0.1) is 6.92 Å². The van der Waals surface area contributed by atoms with Gasteiger partial charge in [-0.05, 0) is 13.0 Å². The average Bonchev–Trinajstić information content (AvgIpc) is 2.46. The minimum absolute atomic E-state index is 0.197. The molecule has 0 spiro atoms. The summed E-state index contributed by atoms with van der Waals surface area (Å²) in [6, 6.07) is 5.85. The first-order chi connectivity index (χ1) is 10.0. The van der Waals surface area contributed by atoms with Crippen molar-refractivity contribution >= 4 is 17.5 Å². The Morgan fingerprint density at radius 2 is 2.14 bits per heavy atom. The number of carbonyl (C=O) groups is 1.